The zero-order valence-electron chi connectivity index (χ0n) is 12.6. The van der Waals surface area contributed by atoms with Crippen LogP contribution in [0.15, 0.2) is 37.4 Å². The van der Waals surface area contributed by atoms with E-state index in [1.165, 1.54) is 35.2 Å². The molecule has 0 bridgehead atoms. The van der Waals surface area contributed by atoms with E-state index in [1.807, 2.05) is 13.2 Å². The predicted molar refractivity (Wildman–Crippen MR) is 92.4 cm³/mol. The number of hydrogen-bond donors (Lipinski definition) is 0. The first kappa shape index (κ1) is 16.9. The van der Waals surface area contributed by atoms with Gasteiger partial charge in [0.2, 0.25) is 11.8 Å². The van der Waals surface area contributed by atoms with Crippen LogP contribution in [0.5, 0.6) is 0 Å². The van der Waals surface area contributed by atoms with Crippen molar-refractivity contribution in [3.63, 3.8) is 0 Å². The van der Waals surface area contributed by atoms with Gasteiger partial charge >= 0.3 is 0 Å². The fourth-order valence-corrected chi connectivity index (χ4v) is 4.38. The first-order valence-electron chi connectivity index (χ1n) is 6.69. The summed E-state index contributed by atoms with van der Waals surface area (Å²) in [6.45, 7) is 1.94. The molecule has 0 N–H and O–H groups in total. The van der Waals surface area contributed by atoms with Gasteiger partial charge in [-0.15, -0.1) is 20.4 Å². The largest absolute Gasteiger partial charge is 0.419 e. The van der Waals surface area contributed by atoms with Crippen LogP contribution >= 0.6 is 34.9 Å². The number of nitro benzene ring substituents is 1. The van der Waals surface area contributed by atoms with Gasteiger partial charge in [-0.3, -0.25) is 10.1 Å². The number of non-ortho nitro benzene ring substituents is 1. The lowest BCUT2D eigenvalue weighted by molar-refractivity contribution is -0.384. The number of benzene rings is 1. The van der Waals surface area contributed by atoms with Crippen molar-refractivity contribution in [1.29, 1.82) is 0 Å². The Labute approximate surface area is 149 Å². The van der Waals surface area contributed by atoms with E-state index in [0.717, 1.165) is 8.68 Å². The number of rotatable bonds is 6. The van der Waals surface area contributed by atoms with Crippen LogP contribution in [0.1, 0.15) is 18.1 Å². The van der Waals surface area contributed by atoms with Crippen LogP contribution in [0.25, 0.3) is 11.5 Å². The number of nitro groups is 1. The number of thioether (sulfide) groups is 2. The van der Waals surface area contributed by atoms with E-state index in [-0.39, 0.29) is 10.9 Å². The fraction of sp³-hybridized carbons (Fsp3) is 0.231. The van der Waals surface area contributed by atoms with Gasteiger partial charge < -0.3 is 4.42 Å². The van der Waals surface area contributed by atoms with E-state index in [2.05, 4.69) is 20.4 Å². The predicted octanol–water partition coefficient (Wildman–Crippen LogP) is 4.07. The van der Waals surface area contributed by atoms with Gasteiger partial charge in [0.05, 0.1) is 10.2 Å². The third kappa shape index (κ3) is 3.74. The number of nitrogens with zero attached hydrogens (tertiary/aromatic N) is 5. The van der Waals surface area contributed by atoms with E-state index < -0.39 is 4.92 Å². The molecule has 0 saturated heterocycles. The molecule has 0 aliphatic heterocycles. The van der Waals surface area contributed by atoms with Crippen LogP contribution in [-0.2, 0) is 0 Å². The molecule has 2 aromatic heterocycles. The summed E-state index contributed by atoms with van der Waals surface area (Å²) in [5.41, 5.74) is 0.653. The first-order valence-corrected chi connectivity index (χ1v) is 9.61. The van der Waals surface area contributed by atoms with Gasteiger partial charge in [0.25, 0.3) is 5.69 Å². The van der Waals surface area contributed by atoms with Gasteiger partial charge in [0, 0.05) is 17.7 Å². The Morgan fingerprint density at radius 1 is 1.17 bits per heavy atom. The maximum absolute atomic E-state index is 10.7. The van der Waals surface area contributed by atoms with Crippen LogP contribution in [0.4, 0.5) is 5.69 Å². The number of hydrogen-bond acceptors (Lipinski definition) is 10. The second kappa shape index (κ2) is 7.28. The summed E-state index contributed by atoms with van der Waals surface area (Å²) >= 11 is 4.56. The second-order valence-corrected chi connectivity index (χ2v) is 8.17. The normalized spacial score (nSPS) is 12.2. The van der Waals surface area contributed by atoms with E-state index >= 15 is 0 Å². The maximum Gasteiger partial charge on any atom is 0.269 e. The highest BCUT2D eigenvalue weighted by Gasteiger charge is 2.19. The van der Waals surface area contributed by atoms with Crippen molar-refractivity contribution < 1.29 is 9.34 Å². The molecule has 24 heavy (non-hydrogen) atoms. The topological polar surface area (TPSA) is 108 Å². The molecule has 0 saturated carbocycles. The molecule has 2 heterocycles. The molecule has 3 aromatic rings. The molecule has 124 valence electrons. The molecule has 11 heteroatoms. The maximum atomic E-state index is 10.7. The molecule has 1 atom stereocenters. The van der Waals surface area contributed by atoms with Crippen molar-refractivity contribution in [2.45, 2.75) is 20.9 Å². The summed E-state index contributed by atoms with van der Waals surface area (Å²) in [4.78, 5) is 10.2. The van der Waals surface area contributed by atoms with Crippen molar-refractivity contribution >= 4 is 40.5 Å². The lowest BCUT2D eigenvalue weighted by Gasteiger charge is -2.02. The van der Waals surface area contributed by atoms with E-state index in [4.69, 9.17) is 4.42 Å². The first-order chi connectivity index (χ1) is 11.6. The smallest absolute Gasteiger partial charge is 0.269 e. The highest BCUT2D eigenvalue weighted by molar-refractivity contribution is 8.03. The van der Waals surface area contributed by atoms with E-state index in [0.29, 0.717) is 17.3 Å². The van der Waals surface area contributed by atoms with Gasteiger partial charge in [-0.25, -0.2) is 0 Å². The zero-order chi connectivity index (χ0) is 17.1. The molecule has 8 nitrogen and oxygen atoms in total. The monoisotopic (exact) mass is 381 g/mol. The Balaban J connectivity index is 1.73. The lowest BCUT2D eigenvalue weighted by atomic mass is 10.2. The van der Waals surface area contributed by atoms with Gasteiger partial charge in [0.1, 0.15) is 0 Å². The highest BCUT2D eigenvalue weighted by atomic mass is 32.2. The second-order valence-electron chi connectivity index (χ2n) is 4.55. The van der Waals surface area contributed by atoms with Crippen LogP contribution in [0.2, 0.25) is 0 Å². The van der Waals surface area contributed by atoms with Gasteiger partial charge in [-0.2, -0.15) is 0 Å². The standard InChI is InChI=1S/C13H11N5O3S3/c1-7(23-13-17-16-12(22-2)24-13)10-14-15-11(21-10)8-3-5-9(6-4-8)18(19)20/h3-7H,1-2H3/t7-/m0/s1. The molecule has 0 spiro atoms. The van der Waals surface area contributed by atoms with Gasteiger partial charge in [0.15, 0.2) is 8.68 Å². The van der Waals surface area contributed by atoms with Gasteiger partial charge in [-0.1, -0.05) is 34.9 Å². The van der Waals surface area contributed by atoms with Crippen molar-refractivity contribution in [1.82, 2.24) is 20.4 Å². The Kier molecular flexibility index (Phi) is 5.11. The molecule has 0 aliphatic carbocycles. The van der Waals surface area contributed by atoms with Gasteiger partial charge in [-0.05, 0) is 25.3 Å². The third-order valence-corrected chi connectivity index (χ3v) is 6.02. The van der Waals surface area contributed by atoms with Crippen LogP contribution in [0.3, 0.4) is 0 Å². The van der Waals surface area contributed by atoms with E-state index in [1.54, 1.807) is 23.9 Å². The molecular weight excluding hydrogens is 370 g/mol. The summed E-state index contributed by atoms with van der Waals surface area (Å²) in [7, 11) is 0. The van der Waals surface area contributed by atoms with Crippen molar-refractivity contribution in [3.8, 4) is 11.5 Å². The van der Waals surface area contributed by atoms with Crippen LogP contribution < -0.4 is 0 Å². The molecule has 0 amide bonds. The minimum atomic E-state index is -0.452. The molecule has 1 aromatic carbocycles. The lowest BCUT2D eigenvalue weighted by Crippen LogP contribution is -1.88. The molecule has 3 rings (SSSR count). The quantitative estimate of drug-likeness (QED) is 0.354. The summed E-state index contributed by atoms with van der Waals surface area (Å²) < 4.78 is 7.42. The summed E-state index contributed by atoms with van der Waals surface area (Å²) in [5, 5.41) is 26.8. The zero-order valence-corrected chi connectivity index (χ0v) is 15.0. The highest BCUT2D eigenvalue weighted by Crippen LogP contribution is 2.37. The summed E-state index contributed by atoms with van der Waals surface area (Å²) in [5.74, 6) is 0.795. The minimum absolute atomic E-state index is 0.0169. The molecule has 0 unspecified atom stereocenters. The fourth-order valence-electron chi connectivity index (χ4n) is 1.77. The summed E-state index contributed by atoms with van der Waals surface area (Å²) in [6, 6.07) is 5.98. The Hall–Kier alpha value is -1.98. The Bertz CT molecular complexity index is 849. The van der Waals surface area contributed by atoms with Crippen LogP contribution in [0, 0.1) is 10.1 Å². The average molecular weight is 381 g/mol. The minimum Gasteiger partial charge on any atom is -0.419 e. The van der Waals surface area contributed by atoms with Crippen molar-refractivity contribution in [3.05, 3.63) is 40.3 Å². The summed E-state index contributed by atoms with van der Waals surface area (Å²) in [6.07, 6.45) is 1.95. The Morgan fingerprint density at radius 3 is 2.50 bits per heavy atom. The van der Waals surface area contributed by atoms with Crippen molar-refractivity contribution in [2.24, 2.45) is 0 Å². The average Bonchev–Trinajstić information content (AvgIpc) is 3.24. The third-order valence-electron chi connectivity index (χ3n) is 2.95. The van der Waals surface area contributed by atoms with Crippen molar-refractivity contribution in [2.75, 3.05) is 6.26 Å². The van der Waals surface area contributed by atoms with Crippen LogP contribution in [-0.4, -0.2) is 31.6 Å². The molecular formula is C13H11N5O3S3. The Morgan fingerprint density at radius 2 is 1.88 bits per heavy atom. The van der Waals surface area contributed by atoms with E-state index in [9.17, 15) is 10.1 Å². The SMILES string of the molecule is CSc1nnc(S[C@@H](C)c2nnc(-c3ccc([N+](=O)[O-])cc3)o2)s1. The molecule has 0 aliphatic rings. The molecule has 0 fully saturated rings. The molecule has 0 radical (unpaired) electrons. The number of aromatic nitrogens is 4.